The lowest BCUT2D eigenvalue weighted by Crippen LogP contribution is -2.46. The van der Waals surface area contributed by atoms with Crippen LogP contribution in [0.3, 0.4) is 0 Å². The summed E-state index contributed by atoms with van der Waals surface area (Å²) in [6.45, 7) is 3.80. The van der Waals surface area contributed by atoms with Gasteiger partial charge in [-0.15, -0.1) is 0 Å². The van der Waals surface area contributed by atoms with E-state index in [-0.39, 0.29) is 0 Å². The summed E-state index contributed by atoms with van der Waals surface area (Å²) in [7, 11) is -3.76. The van der Waals surface area contributed by atoms with E-state index in [0.717, 1.165) is 10.6 Å². The Balaban J connectivity index is 1.70. The Bertz CT molecular complexity index is 1290. The van der Waals surface area contributed by atoms with Crippen molar-refractivity contribution in [2.24, 2.45) is 5.10 Å². The number of carbonyl (C=O) groups excluding carboxylic acids is 1. The van der Waals surface area contributed by atoms with Crippen LogP contribution in [0.5, 0.6) is 5.75 Å². The van der Waals surface area contributed by atoms with Gasteiger partial charge in [-0.25, -0.2) is 13.8 Å². The highest BCUT2D eigenvalue weighted by molar-refractivity contribution is 7.92. The van der Waals surface area contributed by atoms with Gasteiger partial charge in [0.15, 0.2) is 0 Å². The van der Waals surface area contributed by atoms with E-state index in [9.17, 15) is 13.2 Å². The maximum absolute atomic E-state index is 12.7. The summed E-state index contributed by atoms with van der Waals surface area (Å²) in [5, 5.41) is 4.83. The molecule has 3 aromatic rings. The van der Waals surface area contributed by atoms with Crippen LogP contribution in [-0.4, -0.2) is 39.4 Å². The molecule has 1 unspecified atom stereocenters. The molecule has 1 aromatic heterocycles. The minimum absolute atomic E-state index is 0.327. The molecule has 1 N–H and O–H groups in total. The summed E-state index contributed by atoms with van der Waals surface area (Å²) in [6.07, 6.45) is 2.34. The standard InChI is InChI=1S/C23H23Cl2N3O5S/c1-4-32-18-8-6-17(7-9-18)28(34(3,30)31)15(2)23(29)27-26-14-19-10-12-22(33-19)20-11-5-16(24)13-21(20)25/h5-15H,4H2,1-3H3,(H,27,29)/b26-14+. The van der Waals surface area contributed by atoms with Crippen molar-refractivity contribution in [3.8, 4) is 17.1 Å². The number of carbonyl (C=O) groups is 1. The fraction of sp³-hybridized carbons (Fsp3) is 0.217. The lowest BCUT2D eigenvalue weighted by Gasteiger charge is -2.27. The highest BCUT2D eigenvalue weighted by Crippen LogP contribution is 2.31. The second kappa shape index (κ2) is 10.9. The van der Waals surface area contributed by atoms with Crippen LogP contribution in [0, 0.1) is 0 Å². The van der Waals surface area contributed by atoms with Gasteiger partial charge in [0.25, 0.3) is 5.91 Å². The van der Waals surface area contributed by atoms with E-state index in [4.69, 9.17) is 32.4 Å². The maximum Gasteiger partial charge on any atom is 0.263 e. The third-order valence-electron chi connectivity index (χ3n) is 4.68. The normalized spacial score (nSPS) is 12.5. The zero-order chi connectivity index (χ0) is 24.9. The zero-order valence-corrected chi connectivity index (χ0v) is 21.0. The number of hydrogen-bond acceptors (Lipinski definition) is 6. The molecule has 8 nitrogen and oxygen atoms in total. The average molecular weight is 524 g/mol. The number of rotatable bonds is 9. The Morgan fingerprint density at radius 2 is 1.88 bits per heavy atom. The van der Waals surface area contributed by atoms with Crippen molar-refractivity contribution in [3.63, 3.8) is 0 Å². The number of sulfonamides is 1. The second-order valence-electron chi connectivity index (χ2n) is 7.22. The van der Waals surface area contributed by atoms with Gasteiger partial charge >= 0.3 is 0 Å². The lowest BCUT2D eigenvalue weighted by atomic mass is 10.2. The highest BCUT2D eigenvalue weighted by Gasteiger charge is 2.29. The summed E-state index contributed by atoms with van der Waals surface area (Å²) in [5.41, 5.74) is 3.33. The molecule has 0 bridgehead atoms. The Morgan fingerprint density at radius 3 is 2.50 bits per heavy atom. The van der Waals surface area contributed by atoms with Crippen LogP contribution >= 0.6 is 23.2 Å². The van der Waals surface area contributed by atoms with Crippen LogP contribution in [0.1, 0.15) is 19.6 Å². The van der Waals surface area contributed by atoms with Crippen LogP contribution in [0.2, 0.25) is 10.0 Å². The molecule has 0 aliphatic rings. The fourth-order valence-corrected chi connectivity index (χ4v) is 4.85. The molecule has 0 fully saturated rings. The van der Waals surface area contributed by atoms with E-state index in [2.05, 4.69) is 10.5 Å². The van der Waals surface area contributed by atoms with E-state index in [1.54, 1.807) is 54.6 Å². The molecule has 11 heteroatoms. The van der Waals surface area contributed by atoms with Gasteiger partial charge in [-0.2, -0.15) is 5.10 Å². The van der Waals surface area contributed by atoms with Gasteiger partial charge < -0.3 is 9.15 Å². The Labute approximate surface area is 208 Å². The topological polar surface area (TPSA) is 101 Å². The molecule has 0 saturated carbocycles. The van der Waals surface area contributed by atoms with E-state index in [0.29, 0.717) is 45.2 Å². The third-order valence-corrected chi connectivity index (χ3v) is 6.47. The van der Waals surface area contributed by atoms with Gasteiger partial charge in [-0.1, -0.05) is 23.2 Å². The van der Waals surface area contributed by atoms with Crippen molar-refractivity contribution in [2.75, 3.05) is 17.2 Å². The molecule has 0 spiro atoms. The van der Waals surface area contributed by atoms with Gasteiger partial charge in [-0.05, 0) is 68.4 Å². The van der Waals surface area contributed by atoms with E-state index in [1.807, 2.05) is 6.92 Å². The number of halogens is 2. The summed E-state index contributed by atoms with van der Waals surface area (Å²) in [6, 6.07) is 13.8. The summed E-state index contributed by atoms with van der Waals surface area (Å²) >= 11 is 12.1. The van der Waals surface area contributed by atoms with Crippen LogP contribution < -0.4 is 14.5 Å². The number of nitrogens with zero attached hydrogens (tertiary/aromatic N) is 2. The number of benzene rings is 2. The Morgan fingerprint density at radius 1 is 1.18 bits per heavy atom. The summed E-state index contributed by atoms with van der Waals surface area (Å²) in [5.74, 6) is 0.837. The predicted octanol–water partition coefficient (Wildman–Crippen LogP) is 4.96. The number of furan rings is 1. The second-order valence-corrected chi connectivity index (χ2v) is 9.93. The van der Waals surface area contributed by atoms with Crippen LogP contribution in [0.15, 0.2) is 64.1 Å². The number of hydrazone groups is 1. The highest BCUT2D eigenvalue weighted by atomic mass is 35.5. The third kappa shape index (κ3) is 6.31. The summed E-state index contributed by atoms with van der Waals surface area (Å²) in [4.78, 5) is 12.7. The SMILES string of the molecule is CCOc1ccc(N(C(C)C(=O)N/N=C/c2ccc(-c3ccc(Cl)cc3Cl)o2)S(C)(=O)=O)cc1. The van der Waals surface area contributed by atoms with E-state index < -0.39 is 22.0 Å². The molecule has 0 radical (unpaired) electrons. The zero-order valence-electron chi connectivity index (χ0n) is 18.7. The molecule has 180 valence electrons. The first-order valence-electron chi connectivity index (χ1n) is 10.2. The molecule has 0 saturated heterocycles. The van der Waals surface area contributed by atoms with Gasteiger partial charge in [-0.3, -0.25) is 9.10 Å². The fourth-order valence-electron chi connectivity index (χ4n) is 3.17. The molecule has 1 heterocycles. The van der Waals surface area contributed by atoms with Crippen LogP contribution in [0.25, 0.3) is 11.3 Å². The van der Waals surface area contributed by atoms with Gasteiger partial charge in [0, 0.05) is 10.6 Å². The van der Waals surface area contributed by atoms with Crippen LogP contribution in [-0.2, 0) is 14.8 Å². The molecular weight excluding hydrogens is 501 g/mol. The van der Waals surface area contributed by atoms with Crippen molar-refractivity contribution in [2.45, 2.75) is 19.9 Å². The van der Waals surface area contributed by atoms with E-state index in [1.165, 1.54) is 13.1 Å². The molecular formula is C23H23Cl2N3O5S. The van der Waals surface area contributed by atoms with Crippen molar-refractivity contribution >= 4 is 51.0 Å². The van der Waals surface area contributed by atoms with Crippen molar-refractivity contribution in [1.82, 2.24) is 5.43 Å². The van der Waals surface area contributed by atoms with Gasteiger partial charge in [0.05, 0.1) is 29.8 Å². The molecule has 2 aromatic carbocycles. The monoisotopic (exact) mass is 523 g/mol. The van der Waals surface area contributed by atoms with Gasteiger partial charge in [0.1, 0.15) is 23.3 Å². The smallest absolute Gasteiger partial charge is 0.263 e. The maximum atomic E-state index is 12.7. The van der Waals surface area contributed by atoms with Crippen molar-refractivity contribution < 1.29 is 22.4 Å². The first-order chi connectivity index (χ1) is 16.1. The number of nitrogens with one attached hydrogen (secondary N) is 1. The molecule has 1 atom stereocenters. The Kier molecular flexibility index (Phi) is 8.24. The largest absolute Gasteiger partial charge is 0.494 e. The molecule has 3 rings (SSSR count). The van der Waals surface area contributed by atoms with Crippen molar-refractivity contribution in [1.29, 1.82) is 0 Å². The summed E-state index contributed by atoms with van der Waals surface area (Å²) < 4.78 is 36.9. The van der Waals surface area contributed by atoms with Crippen molar-refractivity contribution in [3.05, 3.63) is 70.4 Å². The van der Waals surface area contributed by atoms with Gasteiger partial charge in [0.2, 0.25) is 10.0 Å². The quantitative estimate of drug-likeness (QED) is 0.315. The molecule has 34 heavy (non-hydrogen) atoms. The molecule has 1 amide bonds. The number of amides is 1. The minimum Gasteiger partial charge on any atom is -0.494 e. The predicted molar refractivity (Wildman–Crippen MR) is 134 cm³/mol. The first-order valence-corrected chi connectivity index (χ1v) is 12.8. The average Bonchev–Trinajstić information content (AvgIpc) is 3.22. The lowest BCUT2D eigenvalue weighted by molar-refractivity contribution is -0.121. The van der Waals surface area contributed by atoms with E-state index >= 15 is 0 Å². The number of hydrogen-bond donors (Lipinski definition) is 1. The molecule has 0 aliphatic heterocycles. The number of ether oxygens (including phenoxy) is 1. The number of anilines is 1. The van der Waals surface area contributed by atoms with Crippen LogP contribution in [0.4, 0.5) is 5.69 Å². The first kappa shape index (κ1) is 25.6. The molecule has 0 aliphatic carbocycles. The minimum atomic E-state index is -3.76. The Hall–Kier alpha value is -3.01.